The zero-order chi connectivity index (χ0) is 14.9. The maximum Gasteiger partial charge on any atom is 0.148 e. The minimum absolute atomic E-state index is 0.0848. The molecular formula is C17H25NO2S. The third-order valence-electron chi connectivity index (χ3n) is 4.88. The van der Waals surface area contributed by atoms with Gasteiger partial charge in [-0.25, -0.2) is 8.42 Å². The Morgan fingerprint density at radius 2 is 1.95 bits per heavy atom. The Kier molecular flexibility index (Phi) is 4.10. The normalized spacial score (nSPS) is 24.7. The fourth-order valence-corrected chi connectivity index (χ4v) is 5.05. The third kappa shape index (κ3) is 3.86. The van der Waals surface area contributed by atoms with Gasteiger partial charge >= 0.3 is 0 Å². The molecule has 3 rings (SSSR count). The molecule has 4 heteroatoms. The largest absolute Gasteiger partial charge is 0.316 e. The number of piperidine rings is 1. The lowest BCUT2D eigenvalue weighted by Gasteiger charge is -2.23. The van der Waals surface area contributed by atoms with E-state index in [9.17, 15) is 8.42 Å². The van der Waals surface area contributed by atoms with Crippen LogP contribution in [-0.4, -0.2) is 33.5 Å². The highest BCUT2D eigenvalue weighted by Gasteiger charge is 2.46. The van der Waals surface area contributed by atoms with Crippen LogP contribution in [0, 0.1) is 5.92 Å². The zero-order valence-corrected chi connectivity index (χ0v) is 13.6. The first-order chi connectivity index (χ1) is 9.97. The summed E-state index contributed by atoms with van der Waals surface area (Å²) in [5.74, 6) is 1.04. The highest BCUT2D eigenvalue weighted by molar-refractivity contribution is 7.90. The van der Waals surface area contributed by atoms with E-state index in [1.165, 1.54) is 30.2 Å². The predicted octanol–water partition coefficient (Wildman–Crippen LogP) is 2.30. The van der Waals surface area contributed by atoms with E-state index in [0.717, 1.165) is 38.3 Å². The quantitative estimate of drug-likeness (QED) is 0.908. The van der Waals surface area contributed by atoms with Crippen molar-refractivity contribution in [1.29, 1.82) is 0 Å². The van der Waals surface area contributed by atoms with Gasteiger partial charge < -0.3 is 5.32 Å². The predicted molar refractivity (Wildman–Crippen MR) is 86.4 cm³/mol. The Morgan fingerprint density at radius 3 is 2.48 bits per heavy atom. The lowest BCUT2D eigenvalue weighted by atomic mass is 9.90. The molecule has 3 nitrogen and oxygen atoms in total. The van der Waals surface area contributed by atoms with Crippen LogP contribution < -0.4 is 5.32 Å². The molecule has 2 aliphatic rings. The smallest absolute Gasteiger partial charge is 0.148 e. The van der Waals surface area contributed by atoms with Crippen molar-refractivity contribution in [3.05, 3.63) is 35.4 Å². The Hall–Kier alpha value is -0.870. The van der Waals surface area contributed by atoms with Gasteiger partial charge in [0.05, 0.1) is 5.75 Å². The maximum atomic E-state index is 11.6. The Balaban J connectivity index is 1.66. The van der Waals surface area contributed by atoms with E-state index in [1.807, 2.05) is 0 Å². The van der Waals surface area contributed by atoms with Gasteiger partial charge in [-0.1, -0.05) is 24.3 Å². The maximum absolute atomic E-state index is 11.6. The van der Waals surface area contributed by atoms with Gasteiger partial charge in [0.15, 0.2) is 0 Å². The van der Waals surface area contributed by atoms with E-state index < -0.39 is 9.84 Å². The van der Waals surface area contributed by atoms with E-state index >= 15 is 0 Å². The molecule has 1 saturated heterocycles. The van der Waals surface area contributed by atoms with Gasteiger partial charge in [0.2, 0.25) is 0 Å². The van der Waals surface area contributed by atoms with E-state index in [-0.39, 0.29) is 5.41 Å². The Morgan fingerprint density at radius 1 is 1.24 bits per heavy atom. The summed E-state index contributed by atoms with van der Waals surface area (Å²) in [6, 6.07) is 8.71. The summed E-state index contributed by atoms with van der Waals surface area (Å²) >= 11 is 0. The molecule has 0 radical (unpaired) electrons. The monoisotopic (exact) mass is 307 g/mol. The first kappa shape index (κ1) is 15.0. The summed E-state index contributed by atoms with van der Waals surface area (Å²) in [7, 11) is -2.91. The molecule has 1 aromatic rings. The lowest BCUT2D eigenvalue weighted by molar-refractivity contribution is 0.376. The second-order valence-electron chi connectivity index (χ2n) is 6.96. The average Bonchev–Trinajstić information content (AvgIpc) is 3.19. The van der Waals surface area contributed by atoms with Gasteiger partial charge in [0.25, 0.3) is 0 Å². The van der Waals surface area contributed by atoms with Crippen LogP contribution in [0.2, 0.25) is 0 Å². The number of hydrogen-bond donors (Lipinski definition) is 1. The molecular weight excluding hydrogens is 282 g/mol. The van der Waals surface area contributed by atoms with Crippen LogP contribution >= 0.6 is 0 Å². The number of benzene rings is 1. The van der Waals surface area contributed by atoms with Gasteiger partial charge in [0.1, 0.15) is 9.84 Å². The highest BCUT2D eigenvalue weighted by Crippen LogP contribution is 2.49. The molecule has 1 unspecified atom stereocenters. The summed E-state index contributed by atoms with van der Waals surface area (Å²) in [5.41, 5.74) is 2.50. The molecule has 21 heavy (non-hydrogen) atoms. The van der Waals surface area contributed by atoms with Crippen molar-refractivity contribution < 1.29 is 8.42 Å². The number of rotatable bonds is 5. The second-order valence-corrected chi connectivity index (χ2v) is 9.10. The molecule has 1 saturated carbocycles. The summed E-state index contributed by atoms with van der Waals surface area (Å²) in [5, 5.41) is 3.46. The average molecular weight is 307 g/mol. The van der Waals surface area contributed by atoms with E-state index in [4.69, 9.17) is 0 Å². The van der Waals surface area contributed by atoms with E-state index in [1.54, 1.807) is 0 Å². The van der Waals surface area contributed by atoms with Gasteiger partial charge in [-0.15, -0.1) is 0 Å². The summed E-state index contributed by atoms with van der Waals surface area (Å²) < 4.78 is 23.2. The summed E-state index contributed by atoms with van der Waals surface area (Å²) in [6.45, 7) is 2.28. The molecule has 0 spiro atoms. The number of hydrogen-bond acceptors (Lipinski definition) is 3. The van der Waals surface area contributed by atoms with Crippen LogP contribution in [0.1, 0.15) is 36.8 Å². The van der Waals surface area contributed by atoms with Crippen LogP contribution in [0.15, 0.2) is 24.3 Å². The lowest BCUT2D eigenvalue weighted by Crippen LogP contribution is -2.30. The molecule has 1 heterocycles. The van der Waals surface area contributed by atoms with E-state index in [2.05, 4.69) is 29.6 Å². The molecule has 0 amide bonds. The van der Waals surface area contributed by atoms with Crippen molar-refractivity contribution in [3.63, 3.8) is 0 Å². The zero-order valence-electron chi connectivity index (χ0n) is 12.8. The van der Waals surface area contributed by atoms with Crippen LogP contribution in [-0.2, 0) is 21.7 Å². The fourth-order valence-electron chi connectivity index (χ4n) is 3.60. The van der Waals surface area contributed by atoms with Crippen LogP contribution in [0.3, 0.4) is 0 Å². The number of sulfone groups is 1. The standard InChI is InChI=1S/C17H25NO2S/c1-21(19,20)13-17(8-9-17)16-6-4-14(5-7-16)11-15-3-2-10-18-12-15/h4-7,15,18H,2-3,8-13H2,1H3. The molecule has 0 bridgehead atoms. The van der Waals surface area contributed by atoms with Crippen LogP contribution in [0.25, 0.3) is 0 Å². The summed E-state index contributed by atoms with van der Waals surface area (Å²) in [6.07, 6.45) is 7.08. The fraction of sp³-hybridized carbons (Fsp3) is 0.647. The minimum Gasteiger partial charge on any atom is -0.316 e. The molecule has 1 aliphatic heterocycles. The SMILES string of the molecule is CS(=O)(=O)CC1(c2ccc(CC3CCCNC3)cc2)CC1. The molecule has 1 aliphatic carbocycles. The van der Waals surface area contributed by atoms with Gasteiger partial charge in [-0.3, -0.25) is 0 Å². The minimum atomic E-state index is -2.91. The van der Waals surface area contributed by atoms with Gasteiger partial charge in [-0.2, -0.15) is 0 Å². The van der Waals surface area contributed by atoms with Crippen molar-refractivity contribution in [1.82, 2.24) is 5.32 Å². The first-order valence-corrected chi connectivity index (χ1v) is 10.0. The molecule has 0 aromatic heterocycles. The van der Waals surface area contributed by atoms with Crippen molar-refractivity contribution in [2.75, 3.05) is 25.1 Å². The molecule has 1 N–H and O–H groups in total. The van der Waals surface area contributed by atoms with Crippen LogP contribution in [0.4, 0.5) is 0 Å². The topological polar surface area (TPSA) is 46.2 Å². The van der Waals surface area contributed by atoms with Crippen molar-refractivity contribution in [2.24, 2.45) is 5.92 Å². The van der Waals surface area contributed by atoms with Gasteiger partial charge in [0, 0.05) is 11.7 Å². The van der Waals surface area contributed by atoms with Crippen LogP contribution in [0.5, 0.6) is 0 Å². The first-order valence-electron chi connectivity index (χ1n) is 7.95. The Bertz CT molecular complexity index is 582. The highest BCUT2D eigenvalue weighted by atomic mass is 32.2. The molecule has 1 atom stereocenters. The number of nitrogens with one attached hydrogen (secondary N) is 1. The molecule has 116 valence electrons. The molecule has 2 fully saturated rings. The third-order valence-corrected chi connectivity index (χ3v) is 5.96. The Labute approximate surface area is 128 Å². The summed E-state index contributed by atoms with van der Waals surface area (Å²) in [4.78, 5) is 0. The van der Waals surface area contributed by atoms with Gasteiger partial charge in [-0.05, 0) is 62.2 Å². The van der Waals surface area contributed by atoms with Crippen molar-refractivity contribution in [3.8, 4) is 0 Å². The van der Waals surface area contributed by atoms with E-state index in [0.29, 0.717) is 5.75 Å². The second kappa shape index (κ2) is 5.73. The van der Waals surface area contributed by atoms with Crippen molar-refractivity contribution >= 4 is 9.84 Å². The van der Waals surface area contributed by atoms with Crippen molar-refractivity contribution in [2.45, 2.75) is 37.5 Å². The molecule has 1 aromatic carbocycles.